The molecular formula is C22H19ClN2O3. The summed E-state index contributed by atoms with van der Waals surface area (Å²) in [7, 11) is 0. The number of rotatable bonds is 6. The molecule has 3 rings (SSSR count). The van der Waals surface area contributed by atoms with Gasteiger partial charge in [-0.25, -0.2) is 0 Å². The largest absolute Gasteiger partial charge is 0.456 e. The predicted octanol–water partition coefficient (Wildman–Crippen LogP) is 4.81. The molecule has 5 nitrogen and oxygen atoms in total. The van der Waals surface area contributed by atoms with E-state index in [1.807, 2.05) is 31.2 Å². The van der Waals surface area contributed by atoms with Crippen LogP contribution in [-0.4, -0.2) is 18.4 Å². The lowest BCUT2D eigenvalue weighted by Gasteiger charge is -2.10. The van der Waals surface area contributed by atoms with E-state index in [1.54, 1.807) is 48.5 Å². The van der Waals surface area contributed by atoms with Crippen molar-refractivity contribution in [2.75, 3.05) is 11.9 Å². The van der Waals surface area contributed by atoms with Crippen LogP contribution in [0, 0.1) is 6.92 Å². The minimum absolute atomic E-state index is 0.120. The number of nitrogens with one attached hydrogen (secondary N) is 2. The fourth-order valence-corrected chi connectivity index (χ4v) is 2.61. The number of carbonyl (C=O) groups excluding carboxylic acids is 2. The molecule has 0 aromatic heterocycles. The SMILES string of the molecule is Cc1ccc(C(=O)NCC(=O)Nc2ccc(Oc3ccccc3Cl)cc2)cc1. The van der Waals surface area contributed by atoms with Gasteiger partial charge in [-0.3, -0.25) is 9.59 Å². The van der Waals surface area contributed by atoms with Gasteiger partial charge in [0.15, 0.2) is 0 Å². The molecule has 0 aliphatic rings. The van der Waals surface area contributed by atoms with Gasteiger partial charge >= 0.3 is 0 Å². The van der Waals surface area contributed by atoms with Crippen LogP contribution in [0.3, 0.4) is 0 Å². The molecule has 0 spiro atoms. The van der Waals surface area contributed by atoms with Gasteiger partial charge in [0.05, 0.1) is 11.6 Å². The summed E-state index contributed by atoms with van der Waals surface area (Å²) < 4.78 is 5.70. The first kappa shape index (κ1) is 19.5. The first-order chi connectivity index (χ1) is 13.5. The van der Waals surface area contributed by atoms with Crippen LogP contribution in [0.2, 0.25) is 5.02 Å². The molecule has 0 fully saturated rings. The van der Waals surface area contributed by atoms with Gasteiger partial charge in [-0.1, -0.05) is 41.4 Å². The maximum Gasteiger partial charge on any atom is 0.251 e. The summed E-state index contributed by atoms with van der Waals surface area (Å²) in [6.45, 7) is 1.82. The van der Waals surface area contributed by atoms with Crippen LogP contribution in [-0.2, 0) is 4.79 Å². The number of halogens is 1. The fourth-order valence-electron chi connectivity index (χ4n) is 2.43. The minimum atomic E-state index is -0.319. The lowest BCUT2D eigenvalue weighted by molar-refractivity contribution is -0.115. The maximum absolute atomic E-state index is 12.0. The summed E-state index contributed by atoms with van der Waals surface area (Å²) in [6.07, 6.45) is 0. The molecule has 2 N–H and O–H groups in total. The van der Waals surface area contributed by atoms with Crippen LogP contribution >= 0.6 is 11.6 Å². The Balaban J connectivity index is 1.51. The van der Waals surface area contributed by atoms with Crippen molar-refractivity contribution in [2.24, 2.45) is 0 Å². The number of amides is 2. The van der Waals surface area contributed by atoms with Crippen molar-refractivity contribution < 1.29 is 14.3 Å². The third kappa shape index (κ3) is 5.34. The van der Waals surface area contributed by atoms with Crippen LogP contribution in [0.15, 0.2) is 72.8 Å². The topological polar surface area (TPSA) is 67.4 Å². The molecule has 0 atom stereocenters. The summed E-state index contributed by atoms with van der Waals surface area (Å²) in [5, 5.41) is 5.84. The van der Waals surface area contributed by atoms with Crippen molar-refractivity contribution in [3.8, 4) is 11.5 Å². The van der Waals surface area contributed by atoms with E-state index in [0.29, 0.717) is 27.8 Å². The van der Waals surface area contributed by atoms with Gasteiger partial charge in [-0.15, -0.1) is 0 Å². The van der Waals surface area contributed by atoms with E-state index in [2.05, 4.69) is 10.6 Å². The molecule has 28 heavy (non-hydrogen) atoms. The van der Waals surface area contributed by atoms with Gasteiger partial charge in [0.1, 0.15) is 11.5 Å². The first-order valence-electron chi connectivity index (χ1n) is 8.68. The van der Waals surface area contributed by atoms with E-state index in [-0.39, 0.29) is 18.4 Å². The average Bonchev–Trinajstić information content (AvgIpc) is 2.70. The predicted molar refractivity (Wildman–Crippen MR) is 110 cm³/mol. The molecule has 0 saturated heterocycles. The van der Waals surface area contributed by atoms with Crippen molar-refractivity contribution in [3.63, 3.8) is 0 Å². The van der Waals surface area contributed by atoms with Gasteiger partial charge in [-0.05, 0) is 55.5 Å². The van der Waals surface area contributed by atoms with Crippen molar-refractivity contribution in [2.45, 2.75) is 6.92 Å². The molecule has 0 bridgehead atoms. The Labute approximate surface area is 168 Å². The smallest absolute Gasteiger partial charge is 0.251 e. The molecule has 0 unspecified atom stereocenters. The van der Waals surface area contributed by atoms with Crippen molar-refractivity contribution >= 4 is 29.1 Å². The number of para-hydroxylation sites is 1. The number of benzene rings is 3. The maximum atomic E-state index is 12.0. The van der Waals surface area contributed by atoms with Gasteiger partial charge in [0.25, 0.3) is 5.91 Å². The summed E-state index contributed by atoms with van der Waals surface area (Å²) >= 11 is 6.07. The monoisotopic (exact) mass is 394 g/mol. The molecule has 0 heterocycles. The molecule has 0 saturated carbocycles. The second kappa shape index (κ2) is 9.06. The molecule has 142 valence electrons. The molecule has 0 aliphatic heterocycles. The zero-order valence-electron chi connectivity index (χ0n) is 15.2. The standard InChI is InChI=1S/C22H19ClN2O3/c1-15-6-8-16(9-7-15)22(27)24-14-21(26)25-17-10-12-18(13-11-17)28-20-5-3-2-4-19(20)23/h2-13H,14H2,1H3,(H,24,27)(H,25,26). The van der Waals surface area contributed by atoms with Gasteiger partial charge in [0, 0.05) is 11.3 Å². The van der Waals surface area contributed by atoms with Crippen molar-refractivity contribution in [1.82, 2.24) is 5.32 Å². The summed E-state index contributed by atoms with van der Waals surface area (Å²) in [4.78, 5) is 24.1. The Morgan fingerprint density at radius 1 is 0.929 bits per heavy atom. The zero-order valence-corrected chi connectivity index (χ0v) is 16.0. The minimum Gasteiger partial charge on any atom is -0.456 e. The third-order valence-electron chi connectivity index (χ3n) is 3.93. The van der Waals surface area contributed by atoms with Crippen LogP contribution in [0.4, 0.5) is 5.69 Å². The number of ether oxygens (including phenoxy) is 1. The van der Waals surface area contributed by atoms with Crippen LogP contribution in [0.25, 0.3) is 0 Å². The molecular weight excluding hydrogens is 376 g/mol. The number of aryl methyl sites for hydroxylation is 1. The van der Waals surface area contributed by atoms with Gasteiger partial charge in [0.2, 0.25) is 5.91 Å². The van der Waals surface area contributed by atoms with E-state index < -0.39 is 0 Å². The van der Waals surface area contributed by atoms with Gasteiger partial charge in [-0.2, -0.15) is 0 Å². The molecule has 0 radical (unpaired) electrons. The Kier molecular flexibility index (Phi) is 6.29. The number of carbonyl (C=O) groups is 2. The van der Waals surface area contributed by atoms with E-state index >= 15 is 0 Å². The normalized spacial score (nSPS) is 10.2. The van der Waals surface area contributed by atoms with E-state index in [1.165, 1.54) is 0 Å². The van der Waals surface area contributed by atoms with E-state index in [0.717, 1.165) is 5.56 Å². The highest BCUT2D eigenvalue weighted by molar-refractivity contribution is 6.32. The zero-order chi connectivity index (χ0) is 19.9. The Hall–Kier alpha value is -3.31. The molecule has 6 heteroatoms. The quantitative estimate of drug-likeness (QED) is 0.630. The van der Waals surface area contributed by atoms with Crippen LogP contribution in [0.1, 0.15) is 15.9 Å². The Morgan fingerprint density at radius 3 is 2.29 bits per heavy atom. The number of hydrogen-bond acceptors (Lipinski definition) is 3. The Bertz CT molecular complexity index is 970. The molecule has 2 amide bonds. The molecule has 0 aliphatic carbocycles. The highest BCUT2D eigenvalue weighted by Crippen LogP contribution is 2.29. The summed E-state index contributed by atoms with van der Waals surface area (Å²) in [5.41, 5.74) is 2.18. The molecule has 3 aromatic carbocycles. The highest BCUT2D eigenvalue weighted by atomic mass is 35.5. The van der Waals surface area contributed by atoms with Crippen molar-refractivity contribution in [1.29, 1.82) is 0 Å². The van der Waals surface area contributed by atoms with Crippen molar-refractivity contribution in [3.05, 3.63) is 88.9 Å². The number of hydrogen-bond donors (Lipinski definition) is 2. The fraction of sp³-hybridized carbons (Fsp3) is 0.0909. The first-order valence-corrected chi connectivity index (χ1v) is 9.06. The highest BCUT2D eigenvalue weighted by Gasteiger charge is 2.08. The van der Waals surface area contributed by atoms with E-state index in [9.17, 15) is 9.59 Å². The second-order valence-electron chi connectivity index (χ2n) is 6.15. The lowest BCUT2D eigenvalue weighted by Crippen LogP contribution is -2.32. The van der Waals surface area contributed by atoms with Crippen LogP contribution in [0.5, 0.6) is 11.5 Å². The van der Waals surface area contributed by atoms with Gasteiger partial charge < -0.3 is 15.4 Å². The van der Waals surface area contributed by atoms with E-state index in [4.69, 9.17) is 16.3 Å². The third-order valence-corrected chi connectivity index (χ3v) is 4.24. The summed E-state index contributed by atoms with van der Waals surface area (Å²) in [5.74, 6) is 0.539. The Morgan fingerprint density at radius 2 is 1.61 bits per heavy atom. The number of anilines is 1. The average molecular weight is 395 g/mol. The second-order valence-corrected chi connectivity index (χ2v) is 6.56. The van der Waals surface area contributed by atoms with Crippen LogP contribution < -0.4 is 15.4 Å². The lowest BCUT2D eigenvalue weighted by atomic mass is 10.1. The molecule has 3 aromatic rings. The summed E-state index contributed by atoms with van der Waals surface area (Å²) in [6, 6.07) is 21.2.